The number of hydrogen-bond acceptors (Lipinski definition) is 3. The number of halogens is 3. The van der Waals surface area contributed by atoms with Crippen LogP contribution in [0.1, 0.15) is 10.4 Å². The highest BCUT2D eigenvalue weighted by atomic mass is 35.5. The van der Waals surface area contributed by atoms with Gasteiger partial charge in [-0.05, 0) is 12.1 Å². The molecule has 0 saturated heterocycles. The maximum atomic E-state index is 13.2. The van der Waals surface area contributed by atoms with E-state index in [9.17, 15) is 22.0 Å². The summed E-state index contributed by atoms with van der Waals surface area (Å²) in [5.74, 6) is -4.64. The van der Waals surface area contributed by atoms with Crippen molar-refractivity contribution in [3.8, 4) is 0 Å². The summed E-state index contributed by atoms with van der Waals surface area (Å²) in [5.41, 5.74) is -0.709. The van der Waals surface area contributed by atoms with Crippen molar-refractivity contribution in [3.05, 3.63) is 47.0 Å². The summed E-state index contributed by atoms with van der Waals surface area (Å²) in [6.07, 6.45) is 0. The van der Waals surface area contributed by atoms with Gasteiger partial charge in [-0.25, -0.2) is 21.9 Å². The molecular formula is C10H8ClF2NO3S. The first-order chi connectivity index (χ1) is 8.23. The number of hydrogen-bond donors (Lipinski definition) is 1. The number of benzene rings is 1. The monoisotopic (exact) mass is 295 g/mol. The Hall–Kier alpha value is -1.47. The lowest BCUT2D eigenvalue weighted by atomic mass is 10.2. The molecule has 0 aliphatic heterocycles. The van der Waals surface area contributed by atoms with Crippen molar-refractivity contribution in [2.75, 3.05) is 5.75 Å². The number of amides is 1. The summed E-state index contributed by atoms with van der Waals surface area (Å²) < 4.78 is 50.3. The maximum Gasteiger partial charge on any atom is 0.267 e. The molecule has 0 fully saturated rings. The quantitative estimate of drug-likeness (QED) is 0.921. The minimum absolute atomic E-state index is 0.213. The summed E-state index contributed by atoms with van der Waals surface area (Å²) in [6, 6.07) is 2.85. The fourth-order valence-corrected chi connectivity index (χ4v) is 2.43. The molecule has 0 heterocycles. The molecule has 4 nitrogen and oxygen atoms in total. The van der Waals surface area contributed by atoms with Crippen LogP contribution in [0.15, 0.2) is 29.8 Å². The van der Waals surface area contributed by atoms with Crippen LogP contribution in [0.5, 0.6) is 0 Å². The zero-order chi connectivity index (χ0) is 13.9. The second-order valence-corrected chi connectivity index (χ2v) is 5.57. The molecule has 0 unspecified atom stereocenters. The van der Waals surface area contributed by atoms with Crippen molar-refractivity contribution in [2.45, 2.75) is 0 Å². The molecule has 8 heteroatoms. The van der Waals surface area contributed by atoms with Gasteiger partial charge < -0.3 is 0 Å². The van der Waals surface area contributed by atoms with E-state index in [-0.39, 0.29) is 5.03 Å². The Morgan fingerprint density at radius 2 is 2.00 bits per heavy atom. The second-order valence-electron chi connectivity index (χ2n) is 3.31. The van der Waals surface area contributed by atoms with E-state index in [0.29, 0.717) is 0 Å². The molecule has 18 heavy (non-hydrogen) atoms. The van der Waals surface area contributed by atoms with Gasteiger partial charge in [0.1, 0.15) is 5.75 Å². The standard InChI is InChI=1S/C10H8ClF2NO3S/c1-6(11)5-18(16,17)14-10(15)7-3-2-4-8(12)9(7)13/h2-4H,1,5H2,(H,14,15). The summed E-state index contributed by atoms with van der Waals surface area (Å²) in [4.78, 5) is 11.4. The van der Waals surface area contributed by atoms with Gasteiger partial charge in [0.25, 0.3) is 5.91 Å². The molecule has 1 aromatic carbocycles. The summed E-state index contributed by atoms with van der Waals surface area (Å²) in [5, 5.41) is -0.213. The van der Waals surface area contributed by atoms with Crippen LogP contribution in [-0.2, 0) is 10.0 Å². The van der Waals surface area contributed by atoms with E-state index in [0.717, 1.165) is 18.2 Å². The zero-order valence-corrected chi connectivity index (χ0v) is 10.5. The number of nitrogens with one attached hydrogen (secondary N) is 1. The van der Waals surface area contributed by atoms with Crippen molar-refractivity contribution in [1.82, 2.24) is 4.72 Å². The third kappa shape index (κ3) is 3.78. The smallest absolute Gasteiger partial charge is 0.267 e. The first-order valence-electron chi connectivity index (χ1n) is 4.55. The Kier molecular flexibility index (Phi) is 4.42. The van der Waals surface area contributed by atoms with Crippen LogP contribution in [0.25, 0.3) is 0 Å². The highest BCUT2D eigenvalue weighted by Gasteiger charge is 2.20. The third-order valence-corrected chi connectivity index (χ3v) is 3.31. The first-order valence-corrected chi connectivity index (χ1v) is 6.58. The van der Waals surface area contributed by atoms with E-state index in [2.05, 4.69) is 6.58 Å². The fraction of sp³-hybridized carbons (Fsp3) is 0.100. The van der Waals surface area contributed by atoms with E-state index < -0.39 is 38.9 Å². The number of sulfonamides is 1. The van der Waals surface area contributed by atoms with Crippen molar-refractivity contribution >= 4 is 27.5 Å². The Morgan fingerprint density at radius 1 is 1.39 bits per heavy atom. The second kappa shape index (κ2) is 5.45. The van der Waals surface area contributed by atoms with Crippen molar-refractivity contribution in [2.24, 2.45) is 0 Å². The molecule has 0 radical (unpaired) electrons. The van der Waals surface area contributed by atoms with Gasteiger partial charge in [0, 0.05) is 5.03 Å². The molecule has 0 atom stereocenters. The number of carbonyl (C=O) groups excluding carboxylic acids is 1. The van der Waals surface area contributed by atoms with Gasteiger partial charge in [-0.2, -0.15) is 0 Å². The van der Waals surface area contributed by atoms with Crippen LogP contribution in [-0.4, -0.2) is 20.1 Å². The van der Waals surface area contributed by atoms with E-state index >= 15 is 0 Å². The topological polar surface area (TPSA) is 63.2 Å². The highest BCUT2D eigenvalue weighted by Crippen LogP contribution is 2.12. The lowest BCUT2D eigenvalue weighted by Gasteiger charge is -2.06. The van der Waals surface area contributed by atoms with Gasteiger partial charge in [-0.1, -0.05) is 24.2 Å². The molecule has 1 amide bonds. The first kappa shape index (κ1) is 14.6. The van der Waals surface area contributed by atoms with E-state index in [1.807, 2.05) is 0 Å². The van der Waals surface area contributed by atoms with Crippen molar-refractivity contribution < 1.29 is 22.0 Å². The van der Waals surface area contributed by atoms with Gasteiger partial charge in [0.2, 0.25) is 10.0 Å². The van der Waals surface area contributed by atoms with Crippen molar-refractivity contribution in [3.63, 3.8) is 0 Å². The molecule has 98 valence electrons. The SMILES string of the molecule is C=C(Cl)CS(=O)(=O)NC(=O)c1cccc(F)c1F. The molecule has 1 aromatic rings. The summed E-state index contributed by atoms with van der Waals surface area (Å²) in [6.45, 7) is 3.15. The molecule has 0 aliphatic carbocycles. The number of rotatable bonds is 4. The van der Waals surface area contributed by atoms with Crippen LogP contribution < -0.4 is 4.72 Å². The summed E-state index contributed by atoms with van der Waals surface area (Å²) >= 11 is 5.29. The van der Waals surface area contributed by atoms with E-state index in [4.69, 9.17) is 11.6 Å². The van der Waals surface area contributed by atoms with Gasteiger partial charge in [-0.15, -0.1) is 0 Å². The maximum absolute atomic E-state index is 13.2. The van der Waals surface area contributed by atoms with Gasteiger partial charge in [0.15, 0.2) is 11.6 Å². The van der Waals surface area contributed by atoms with Gasteiger partial charge in [0.05, 0.1) is 5.56 Å². The Bertz CT molecular complexity index is 601. The molecule has 1 rings (SSSR count). The molecule has 0 saturated carbocycles. The lowest BCUT2D eigenvalue weighted by molar-refractivity contribution is 0.0976. The molecule has 0 aromatic heterocycles. The molecule has 0 spiro atoms. The fourth-order valence-electron chi connectivity index (χ4n) is 1.12. The summed E-state index contributed by atoms with van der Waals surface area (Å²) in [7, 11) is -4.08. The third-order valence-electron chi connectivity index (χ3n) is 1.79. The molecule has 0 bridgehead atoms. The highest BCUT2D eigenvalue weighted by molar-refractivity contribution is 7.90. The minimum Gasteiger partial charge on any atom is -0.268 e. The molecular weight excluding hydrogens is 288 g/mol. The van der Waals surface area contributed by atoms with Crippen molar-refractivity contribution in [1.29, 1.82) is 0 Å². The Balaban J connectivity index is 2.96. The Morgan fingerprint density at radius 3 is 2.56 bits per heavy atom. The predicted molar refractivity (Wildman–Crippen MR) is 62.6 cm³/mol. The Labute approximate surface area is 107 Å². The van der Waals surface area contributed by atoms with Gasteiger partial charge in [-0.3, -0.25) is 4.79 Å². The zero-order valence-electron chi connectivity index (χ0n) is 8.91. The number of carbonyl (C=O) groups is 1. The molecule has 0 aliphatic rings. The molecule has 1 N–H and O–H groups in total. The lowest BCUT2D eigenvalue weighted by Crippen LogP contribution is -2.33. The van der Waals surface area contributed by atoms with Crippen LogP contribution in [0.3, 0.4) is 0 Å². The predicted octanol–water partition coefficient (Wildman–Crippen LogP) is 1.78. The van der Waals surface area contributed by atoms with Crippen LogP contribution in [0.2, 0.25) is 0 Å². The van der Waals surface area contributed by atoms with Gasteiger partial charge >= 0.3 is 0 Å². The van der Waals surface area contributed by atoms with Crippen LogP contribution in [0, 0.1) is 11.6 Å². The largest absolute Gasteiger partial charge is 0.268 e. The van der Waals surface area contributed by atoms with E-state index in [1.165, 1.54) is 0 Å². The minimum atomic E-state index is -4.08. The average molecular weight is 296 g/mol. The average Bonchev–Trinajstić information content (AvgIpc) is 2.18. The van der Waals surface area contributed by atoms with Crippen LogP contribution >= 0.6 is 11.6 Å². The van der Waals surface area contributed by atoms with E-state index in [1.54, 1.807) is 4.72 Å². The normalized spacial score (nSPS) is 11.1. The van der Waals surface area contributed by atoms with Crippen LogP contribution in [0.4, 0.5) is 8.78 Å².